The molecule has 2 unspecified atom stereocenters. The molecule has 1 aromatic rings. The number of ether oxygens (including phenoxy) is 1. The van der Waals surface area contributed by atoms with Crippen LogP contribution in [-0.2, 0) is 4.79 Å². The van der Waals surface area contributed by atoms with Crippen LogP contribution in [0.15, 0.2) is 30.3 Å². The second-order valence-corrected chi connectivity index (χ2v) is 5.92. The molecule has 0 radical (unpaired) electrons. The smallest absolute Gasteiger partial charge is 0.328 e. The van der Waals surface area contributed by atoms with Gasteiger partial charge in [-0.15, -0.1) is 0 Å². The third kappa shape index (κ3) is 3.64. The van der Waals surface area contributed by atoms with Crippen LogP contribution in [0.25, 0.3) is 6.08 Å². The predicted molar refractivity (Wildman–Crippen MR) is 81.3 cm³/mol. The number of fused-ring (bicyclic) bond motifs is 2. The van der Waals surface area contributed by atoms with Crippen LogP contribution in [-0.4, -0.2) is 41.7 Å². The lowest BCUT2D eigenvalue weighted by atomic mass is 10.1. The van der Waals surface area contributed by atoms with Gasteiger partial charge >= 0.3 is 5.97 Å². The molecule has 21 heavy (non-hydrogen) atoms. The summed E-state index contributed by atoms with van der Waals surface area (Å²) in [5.41, 5.74) is 0.843. The van der Waals surface area contributed by atoms with Crippen molar-refractivity contribution >= 4 is 12.0 Å². The molecule has 112 valence electrons. The van der Waals surface area contributed by atoms with Crippen LogP contribution in [0.3, 0.4) is 0 Å². The highest BCUT2D eigenvalue weighted by atomic mass is 16.5. The Bertz CT molecular complexity index is 541. The van der Waals surface area contributed by atoms with Gasteiger partial charge in [0.05, 0.1) is 0 Å². The summed E-state index contributed by atoms with van der Waals surface area (Å²) in [5, 5.41) is 8.63. The molecule has 1 aromatic carbocycles. The normalized spacial score (nSPS) is 24.8. The van der Waals surface area contributed by atoms with Crippen molar-refractivity contribution in [1.29, 1.82) is 0 Å². The number of nitrogens with zero attached hydrogens (tertiary/aromatic N) is 1. The quantitative estimate of drug-likeness (QED) is 0.817. The summed E-state index contributed by atoms with van der Waals surface area (Å²) >= 11 is 0. The third-order valence-electron chi connectivity index (χ3n) is 4.45. The lowest BCUT2D eigenvalue weighted by Crippen LogP contribution is -2.35. The first kappa shape index (κ1) is 14.1. The molecular formula is C17H21NO3. The number of carboxylic acid groups (broad SMARTS) is 1. The van der Waals surface area contributed by atoms with Gasteiger partial charge < -0.3 is 9.84 Å². The van der Waals surface area contributed by atoms with Crippen molar-refractivity contribution in [3.05, 3.63) is 35.9 Å². The molecule has 1 aliphatic heterocycles. The van der Waals surface area contributed by atoms with E-state index in [0.717, 1.165) is 35.9 Å². The van der Waals surface area contributed by atoms with Crippen LogP contribution < -0.4 is 4.74 Å². The van der Waals surface area contributed by atoms with E-state index in [1.54, 1.807) is 6.08 Å². The number of carboxylic acids is 1. The molecule has 1 heterocycles. The van der Waals surface area contributed by atoms with Gasteiger partial charge in [0, 0.05) is 25.2 Å². The van der Waals surface area contributed by atoms with Crippen molar-refractivity contribution < 1.29 is 14.6 Å². The minimum atomic E-state index is -0.939. The number of benzene rings is 1. The number of aliphatic carboxylic acids is 1. The van der Waals surface area contributed by atoms with E-state index >= 15 is 0 Å². The van der Waals surface area contributed by atoms with E-state index in [0.29, 0.717) is 6.61 Å². The zero-order valence-electron chi connectivity index (χ0n) is 12.1. The highest BCUT2D eigenvalue weighted by Gasteiger charge is 2.37. The number of hydrogen-bond acceptors (Lipinski definition) is 3. The van der Waals surface area contributed by atoms with Crippen LogP contribution >= 0.6 is 0 Å². The van der Waals surface area contributed by atoms with E-state index in [1.165, 1.54) is 25.8 Å². The van der Waals surface area contributed by atoms with Crippen molar-refractivity contribution in [3.63, 3.8) is 0 Å². The molecule has 0 amide bonds. The standard InChI is InChI=1S/C17H21NO3/c19-17(20)7-5-13-2-1-3-16(11-13)21-9-8-18-12-14-4-6-15(18)10-14/h1-3,5,7,11,14-15H,4,6,8-10,12H2,(H,19,20). The number of carbonyl (C=O) groups is 1. The van der Waals surface area contributed by atoms with Gasteiger partial charge in [-0.05, 0) is 49.0 Å². The Kier molecular flexibility index (Phi) is 4.25. The Morgan fingerprint density at radius 3 is 3.05 bits per heavy atom. The average molecular weight is 287 g/mol. The van der Waals surface area contributed by atoms with Crippen LogP contribution in [0, 0.1) is 5.92 Å². The zero-order chi connectivity index (χ0) is 14.7. The maximum absolute atomic E-state index is 10.5. The summed E-state index contributed by atoms with van der Waals surface area (Å²) in [5.74, 6) is 0.775. The SMILES string of the molecule is O=C(O)C=Cc1cccc(OCCN2CC3CCC2C3)c1. The fourth-order valence-corrected chi connectivity index (χ4v) is 3.46. The molecule has 2 fully saturated rings. The summed E-state index contributed by atoms with van der Waals surface area (Å²) in [4.78, 5) is 13.1. The minimum Gasteiger partial charge on any atom is -0.492 e. The molecule has 1 aliphatic carbocycles. The lowest BCUT2D eigenvalue weighted by molar-refractivity contribution is -0.131. The second kappa shape index (κ2) is 6.31. The van der Waals surface area contributed by atoms with E-state index < -0.39 is 5.97 Å². The van der Waals surface area contributed by atoms with E-state index in [2.05, 4.69) is 4.90 Å². The molecule has 4 heteroatoms. The molecule has 2 atom stereocenters. The first-order valence-electron chi connectivity index (χ1n) is 7.58. The summed E-state index contributed by atoms with van der Waals surface area (Å²) < 4.78 is 5.80. The molecule has 1 N–H and O–H groups in total. The minimum absolute atomic E-state index is 0.690. The molecule has 0 aromatic heterocycles. The Morgan fingerprint density at radius 1 is 1.43 bits per heavy atom. The fourth-order valence-electron chi connectivity index (χ4n) is 3.46. The van der Waals surface area contributed by atoms with Crippen LogP contribution in [0.5, 0.6) is 5.75 Å². The predicted octanol–water partition coefficient (Wildman–Crippen LogP) is 2.65. The Hall–Kier alpha value is -1.81. The van der Waals surface area contributed by atoms with Crippen molar-refractivity contribution in [2.75, 3.05) is 19.7 Å². The molecule has 1 saturated heterocycles. The molecule has 1 saturated carbocycles. The number of piperidine rings is 1. The average Bonchev–Trinajstić information content (AvgIpc) is 3.08. The molecule has 4 nitrogen and oxygen atoms in total. The lowest BCUT2D eigenvalue weighted by Gasteiger charge is -2.26. The Balaban J connectivity index is 1.49. The fraction of sp³-hybridized carbons (Fsp3) is 0.471. The Morgan fingerprint density at radius 2 is 2.33 bits per heavy atom. The van der Waals surface area contributed by atoms with Gasteiger partial charge in [0.15, 0.2) is 0 Å². The summed E-state index contributed by atoms with van der Waals surface area (Å²) in [6.07, 6.45) is 6.84. The first-order valence-corrected chi connectivity index (χ1v) is 7.58. The van der Waals surface area contributed by atoms with E-state index in [9.17, 15) is 4.79 Å². The van der Waals surface area contributed by atoms with Crippen LogP contribution in [0.4, 0.5) is 0 Å². The largest absolute Gasteiger partial charge is 0.492 e. The van der Waals surface area contributed by atoms with E-state index in [1.807, 2.05) is 24.3 Å². The van der Waals surface area contributed by atoms with Gasteiger partial charge in [-0.2, -0.15) is 0 Å². The van der Waals surface area contributed by atoms with Crippen molar-refractivity contribution in [2.45, 2.75) is 25.3 Å². The maximum Gasteiger partial charge on any atom is 0.328 e. The Labute approximate surface area is 125 Å². The van der Waals surface area contributed by atoms with Gasteiger partial charge in [0.2, 0.25) is 0 Å². The number of hydrogen-bond donors (Lipinski definition) is 1. The first-order chi connectivity index (χ1) is 10.2. The van der Waals surface area contributed by atoms with Gasteiger partial charge in [0.1, 0.15) is 12.4 Å². The summed E-state index contributed by atoms with van der Waals surface area (Å²) in [7, 11) is 0. The van der Waals surface area contributed by atoms with Crippen LogP contribution in [0.2, 0.25) is 0 Å². The molecule has 3 rings (SSSR count). The highest BCUT2D eigenvalue weighted by Crippen LogP contribution is 2.36. The number of likely N-dealkylation sites (tertiary alicyclic amines) is 1. The monoisotopic (exact) mass is 287 g/mol. The van der Waals surface area contributed by atoms with Crippen molar-refractivity contribution in [2.24, 2.45) is 5.92 Å². The summed E-state index contributed by atoms with van der Waals surface area (Å²) in [6.45, 7) is 2.90. The summed E-state index contributed by atoms with van der Waals surface area (Å²) in [6, 6.07) is 8.31. The van der Waals surface area contributed by atoms with Crippen molar-refractivity contribution in [3.8, 4) is 5.75 Å². The number of rotatable bonds is 6. The van der Waals surface area contributed by atoms with Crippen molar-refractivity contribution in [1.82, 2.24) is 4.90 Å². The van der Waals surface area contributed by atoms with Gasteiger partial charge in [0.25, 0.3) is 0 Å². The molecule has 2 bridgehead atoms. The second-order valence-electron chi connectivity index (χ2n) is 5.92. The van der Waals surface area contributed by atoms with E-state index in [4.69, 9.17) is 9.84 Å². The molecule has 2 aliphatic rings. The highest BCUT2D eigenvalue weighted by molar-refractivity contribution is 5.85. The molecular weight excluding hydrogens is 266 g/mol. The van der Waals surface area contributed by atoms with Gasteiger partial charge in [-0.3, -0.25) is 4.90 Å². The van der Waals surface area contributed by atoms with Gasteiger partial charge in [-0.1, -0.05) is 12.1 Å². The molecule has 0 spiro atoms. The maximum atomic E-state index is 10.5. The third-order valence-corrected chi connectivity index (χ3v) is 4.45. The topological polar surface area (TPSA) is 49.8 Å². The van der Waals surface area contributed by atoms with E-state index in [-0.39, 0.29) is 0 Å². The zero-order valence-corrected chi connectivity index (χ0v) is 12.1. The van der Waals surface area contributed by atoms with Gasteiger partial charge in [-0.25, -0.2) is 4.79 Å². The van der Waals surface area contributed by atoms with Crippen LogP contribution in [0.1, 0.15) is 24.8 Å².